The number of nitrogens with one attached hydrogen (secondary N) is 4. The zero-order valence-corrected chi connectivity index (χ0v) is 23.3. The van der Waals surface area contributed by atoms with Crippen molar-refractivity contribution in [2.75, 3.05) is 5.75 Å². The molecule has 0 radical (unpaired) electrons. The number of aromatic hydroxyl groups is 1. The van der Waals surface area contributed by atoms with Gasteiger partial charge in [0.15, 0.2) is 0 Å². The van der Waals surface area contributed by atoms with Gasteiger partial charge >= 0.3 is 11.9 Å². The molecule has 4 atom stereocenters. The van der Waals surface area contributed by atoms with Crippen LogP contribution in [-0.2, 0) is 36.8 Å². The van der Waals surface area contributed by atoms with E-state index in [4.69, 9.17) is 5.73 Å². The van der Waals surface area contributed by atoms with Crippen LogP contribution in [0.25, 0.3) is 10.9 Å². The first-order valence-corrected chi connectivity index (χ1v) is 13.7. The Kier molecular flexibility index (Phi) is 11.3. The molecule has 2 aromatic carbocycles. The molecule has 0 saturated heterocycles. The van der Waals surface area contributed by atoms with Crippen molar-refractivity contribution >= 4 is 53.2 Å². The number of phenolic OH excluding ortho intramolecular Hbond substituents is 1. The van der Waals surface area contributed by atoms with Gasteiger partial charge in [0, 0.05) is 35.7 Å². The van der Waals surface area contributed by atoms with Gasteiger partial charge in [0.1, 0.15) is 23.9 Å². The minimum Gasteiger partial charge on any atom is -0.508 e. The van der Waals surface area contributed by atoms with Gasteiger partial charge in [-0.3, -0.25) is 19.2 Å². The van der Waals surface area contributed by atoms with E-state index in [0.717, 1.165) is 16.5 Å². The van der Waals surface area contributed by atoms with Gasteiger partial charge in [0.2, 0.25) is 17.7 Å². The van der Waals surface area contributed by atoms with Crippen LogP contribution in [-0.4, -0.2) is 79.9 Å². The number of amides is 3. The fraction of sp³-hybridized carbons (Fsp3) is 0.321. The molecular formula is C28H33N5O8S. The SMILES string of the molecule is NC(Cc1c[nH]c2ccccc12)C(=O)NC(CCC(=O)O)C(=O)NC(Cc1ccc(O)cc1)C(=O)NC(CS)C(=O)O. The number of hydrogen-bond acceptors (Lipinski definition) is 8. The van der Waals surface area contributed by atoms with Gasteiger partial charge in [-0.25, -0.2) is 4.79 Å². The molecule has 13 nitrogen and oxygen atoms in total. The number of aliphatic carboxylic acids is 2. The first-order valence-electron chi connectivity index (χ1n) is 13.0. The third-order valence-electron chi connectivity index (χ3n) is 6.54. The van der Waals surface area contributed by atoms with E-state index in [1.807, 2.05) is 24.3 Å². The number of phenols is 1. The zero-order valence-electron chi connectivity index (χ0n) is 22.4. The second-order valence-electron chi connectivity index (χ2n) is 9.68. The Morgan fingerprint density at radius 3 is 2.10 bits per heavy atom. The van der Waals surface area contributed by atoms with Gasteiger partial charge in [-0.1, -0.05) is 30.3 Å². The Morgan fingerprint density at radius 1 is 0.833 bits per heavy atom. The van der Waals surface area contributed by atoms with Crippen LogP contribution in [0.3, 0.4) is 0 Å². The van der Waals surface area contributed by atoms with Crippen LogP contribution in [0.4, 0.5) is 0 Å². The number of benzene rings is 2. The average Bonchev–Trinajstić information content (AvgIpc) is 3.36. The Bertz CT molecular complexity index is 1430. The summed E-state index contributed by atoms with van der Waals surface area (Å²) < 4.78 is 0. The van der Waals surface area contributed by atoms with Gasteiger partial charge < -0.3 is 42.0 Å². The number of carboxylic acid groups (broad SMARTS) is 2. The number of carbonyl (C=O) groups is 5. The van der Waals surface area contributed by atoms with Crippen molar-refractivity contribution < 1.29 is 39.3 Å². The smallest absolute Gasteiger partial charge is 0.327 e. The van der Waals surface area contributed by atoms with Crippen LogP contribution in [0.1, 0.15) is 24.0 Å². The van der Waals surface area contributed by atoms with E-state index in [9.17, 15) is 39.3 Å². The summed E-state index contributed by atoms with van der Waals surface area (Å²) in [5, 5.41) is 36.3. The summed E-state index contributed by atoms with van der Waals surface area (Å²) in [6.45, 7) is 0. The molecule has 0 bridgehead atoms. The molecule has 1 aromatic heterocycles. The maximum absolute atomic E-state index is 13.3. The van der Waals surface area contributed by atoms with Crippen molar-refractivity contribution in [1.82, 2.24) is 20.9 Å². The monoisotopic (exact) mass is 599 g/mol. The second kappa shape index (κ2) is 14.9. The number of hydrogen-bond donors (Lipinski definition) is 9. The van der Waals surface area contributed by atoms with E-state index in [1.165, 1.54) is 24.3 Å². The fourth-order valence-corrected chi connectivity index (χ4v) is 4.50. The topological polar surface area (TPSA) is 224 Å². The number of aromatic nitrogens is 1. The highest BCUT2D eigenvalue weighted by molar-refractivity contribution is 7.80. The normalized spacial score (nSPS) is 13.9. The van der Waals surface area contributed by atoms with E-state index < -0.39 is 60.2 Å². The Balaban J connectivity index is 1.77. The molecule has 3 amide bonds. The lowest BCUT2D eigenvalue weighted by Gasteiger charge is -2.25. The Hall–Kier alpha value is -4.56. The molecule has 224 valence electrons. The molecule has 9 N–H and O–H groups in total. The summed E-state index contributed by atoms with van der Waals surface area (Å²) in [5.74, 6) is -5.17. The first-order chi connectivity index (χ1) is 20.0. The summed E-state index contributed by atoms with van der Waals surface area (Å²) in [4.78, 5) is 65.2. The molecule has 0 fully saturated rings. The van der Waals surface area contributed by atoms with Gasteiger partial charge in [-0.05, 0) is 42.2 Å². The van der Waals surface area contributed by atoms with Gasteiger partial charge in [0.05, 0.1) is 6.04 Å². The number of fused-ring (bicyclic) bond motifs is 1. The molecule has 0 saturated carbocycles. The number of nitrogens with two attached hydrogens (primary N) is 1. The minimum absolute atomic E-state index is 0.0229. The lowest BCUT2D eigenvalue weighted by Crippen LogP contribution is -2.58. The van der Waals surface area contributed by atoms with E-state index >= 15 is 0 Å². The lowest BCUT2D eigenvalue weighted by atomic mass is 10.0. The quantitative estimate of drug-likeness (QED) is 0.110. The van der Waals surface area contributed by atoms with E-state index in [-0.39, 0.29) is 30.8 Å². The predicted octanol–water partition coefficient (Wildman–Crippen LogP) is 0.320. The summed E-state index contributed by atoms with van der Waals surface area (Å²) in [5.41, 5.74) is 8.31. The van der Waals surface area contributed by atoms with Gasteiger partial charge in [-0.2, -0.15) is 12.6 Å². The van der Waals surface area contributed by atoms with Crippen LogP contribution in [0.15, 0.2) is 54.7 Å². The van der Waals surface area contributed by atoms with Gasteiger partial charge in [0.25, 0.3) is 0 Å². The molecule has 0 aliphatic rings. The summed E-state index contributed by atoms with van der Waals surface area (Å²) >= 11 is 3.94. The van der Waals surface area contributed by atoms with Crippen LogP contribution >= 0.6 is 12.6 Å². The van der Waals surface area contributed by atoms with Crippen molar-refractivity contribution in [2.45, 2.75) is 49.9 Å². The number of H-pyrrole nitrogens is 1. The van der Waals surface area contributed by atoms with Crippen LogP contribution in [0, 0.1) is 0 Å². The standard InChI is InChI=1S/C28H33N5O8S/c29-19(12-16-13-30-20-4-2-1-3-18(16)20)25(37)31-21(9-10-24(35)36)26(38)32-22(11-15-5-7-17(34)8-6-15)27(39)33-23(14-42)28(40)41/h1-8,13,19,21-23,30,34,42H,9-12,14,29H2,(H,31,37)(H,32,38)(H,33,39)(H,35,36)(H,40,41). The van der Waals surface area contributed by atoms with Crippen molar-refractivity contribution in [3.05, 3.63) is 65.9 Å². The zero-order chi connectivity index (χ0) is 30.8. The number of carbonyl (C=O) groups excluding carboxylic acids is 3. The molecule has 0 spiro atoms. The molecular weight excluding hydrogens is 566 g/mol. The number of carboxylic acids is 2. The summed E-state index contributed by atoms with van der Waals surface area (Å²) in [6, 6.07) is 8.14. The highest BCUT2D eigenvalue weighted by atomic mass is 32.1. The molecule has 42 heavy (non-hydrogen) atoms. The molecule has 3 aromatic rings. The minimum atomic E-state index is -1.36. The first kappa shape index (κ1) is 32.0. The van der Waals surface area contributed by atoms with Gasteiger partial charge in [-0.15, -0.1) is 0 Å². The number of rotatable bonds is 15. The predicted molar refractivity (Wildman–Crippen MR) is 156 cm³/mol. The molecule has 3 rings (SSSR count). The Labute approximate surface area is 246 Å². The maximum Gasteiger partial charge on any atom is 0.327 e. The molecule has 0 aliphatic carbocycles. The lowest BCUT2D eigenvalue weighted by molar-refractivity contribution is -0.141. The van der Waals surface area contributed by atoms with Crippen molar-refractivity contribution in [1.29, 1.82) is 0 Å². The van der Waals surface area contributed by atoms with Crippen molar-refractivity contribution in [3.63, 3.8) is 0 Å². The fourth-order valence-electron chi connectivity index (χ4n) is 4.25. The largest absolute Gasteiger partial charge is 0.508 e. The average molecular weight is 600 g/mol. The maximum atomic E-state index is 13.3. The van der Waals surface area contributed by atoms with Crippen molar-refractivity contribution in [2.24, 2.45) is 5.73 Å². The molecule has 1 heterocycles. The van der Waals surface area contributed by atoms with Crippen LogP contribution < -0.4 is 21.7 Å². The highest BCUT2D eigenvalue weighted by Gasteiger charge is 2.30. The third-order valence-corrected chi connectivity index (χ3v) is 6.90. The Morgan fingerprint density at radius 2 is 1.45 bits per heavy atom. The molecule has 0 aliphatic heterocycles. The molecule has 4 unspecified atom stereocenters. The van der Waals surface area contributed by atoms with E-state index in [0.29, 0.717) is 5.56 Å². The highest BCUT2D eigenvalue weighted by Crippen LogP contribution is 2.19. The molecule has 14 heteroatoms. The number of thiol groups is 1. The second-order valence-corrected chi connectivity index (χ2v) is 10.0. The third kappa shape index (κ3) is 8.97. The number of para-hydroxylation sites is 1. The number of aromatic amines is 1. The van der Waals surface area contributed by atoms with Crippen LogP contribution in [0.2, 0.25) is 0 Å². The van der Waals surface area contributed by atoms with Crippen LogP contribution in [0.5, 0.6) is 5.75 Å². The van der Waals surface area contributed by atoms with E-state index in [1.54, 1.807) is 6.20 Å². The summed E-state index contributed by atoms with van der Waals surface area (Å²) in [6.07, 6.45) is 1.00. The van der Waals surface area contributed by atoms with E-state index in [2.05, 4.69) is 33.6 Å². The van der Waals surface area contributed by atoms with Crippen molar-refractivity contribution in [3.8, 4) is 5.75 Å². The summed E-state index contributed by atoms with van der Waals surface area (Å²) in [7, 11) is 0.